The first-order chi connectivity index (χ1) is 13.6. The SMILES string of the molecule is O=C(c1ccco1)N1CCN(C(=O)C2CCN(C(=O)C3CCCO3)CC2)CC1. The van der Waals surface area contributed by atoms with Gasteiger partial charge in [0.25, 0.3) is 11.8 Å². The number of carbonyl (C=O) groups excluding carboxylic acids is 3. The number of amides is 3. The minimum absolute atomic E-state index is 0.0409. The Kier molecular flexibility index (Phi) is 5.66. The van der Waals surface area contributed by atoms with Crippen LogP contribution in [0.15, 0.2) is 22.8 Å². The van der Waals surface area contributed by atoms with Crippen LogP contribution in [0.1, 0.15) is 36.2 Å². The molecule has 4 rings (SSSR count). The Morgan fingerprint density at radius 3 is 2.14 bits per heavy atom. The lowest BCUT2D eigenvalue weighted by atomic mass is 9.94. The van der Waals surface area contributed by atoms with Gasteiger partial charge in [0.15, 0.2) is 5.76 Å². The molecule has 4 heterocycles. The summed E-state index contributed by atoms with van der Waals surface area (Å²) in [6.07, 6.45) is 4.35. The van der Waals surface area contributed by atoms with E-state index in [2.05, 4.69) is 0 Å². The summed E-state index contributed by atoms with van der Waals surface area (Å²) in [5.41, 5.74) is 0. The molecule has 28 heavy (non-hydrogen) atoms. The monoisotopic (exact) mass is 389 g/mol. The van der Waals surface area contributed by atoms with E-state index in [-0.39, 0.29) is 29.7 Å². The molecular weight excluding hydrogens is 362 g/mol. The predicted octanol–water partition coefficient (Wildman–Crippen LogP) is 0.982. The van der Waals surface area contributed by atoms with Crippen molar-refractivity contribution in [3.63, 3.8) is 0 Å². The zero-order valence-corrected chi connectivity index (χ0v) is 16.0. The molecule has 3 aliphatic heterocycles. The molecule has 0 saturated carbocycles. The number of nitrogens with zero attached hydrogens (tertiary/aromatic N) is 3. The minimum Gasteiger partial charge on any atom is -0.459 e. The molecule has 1 atom stereocenters. The van der Waals surface area contributed by atoms with Gasteiger partial charge in [-0.25, -0.2) is 0 Å². The quantitative estimate of drug-likeness (QED) is 0.770. The van der Waals surface area contributed by atoms with Gasteiger partial charge in [0, 0.05) is 51.8 Å². The molecule has 3 saturated heterocycles. The number of ether oxygens (including phenoxy) is 1. The van der Waals surface area contributed by atoms with Gasteiger partial charge in [0.05, 0.1) is 6.26 Å². The number of furan rings is 1. The highest BCUT2D eigenvalue weighted by Crippen LogP contribution is 2.23. The Labute approximate surface area is 164 Å². The average Bonchev–Trinajstić information content (AvgIpc) is 3.47. The minimum atomic E-state index is -0.285. The zero-order chi connectivity index (χ0) is 19.5. The molecule has 0 aromatic carbocycles. The van der Waals surface area contributed by atoms with E-state index in [1.54, 1.807) is 17.0 Å². The van der Waals surface area contributed by atoms with Crippen molar-refractivity contribution >= 4 is 17.7 Å². The number of piperidine rings is 1. The van der Waals surface area contributed by atoms with Gasteiger partial charge in [-0.15, -0.1) is 0 Å². The molecule has 3 aliphatic rings. The second-order valence-corrected chi connectivity index (χ2v) is 7.70. The zero-order valence-electron chi connectivity index (χ0n) is 16.0. The smallest absolute Gasteiger partial charge is 0.289 e. The summed E-state index contributed by atoms with van der Waals surface area (Å²) < 4.78 is 10.7. The summed E-state index contributed by atoms with van der Waals surface area (Å²) in [4.78, 5) is 43.1. The van der Waals surface area contributed by atoms with Crippen molar-refractivity contribution in [1.29, 1.82) is 0 Å². The summed E-state index contributed by atoms with van der Waals surface area (Å²) in [7, 11) is 0. The van der Waals surface area contributed by atoms with Crippen LogP contribution in [0.2, 0.25) is 0 Å². The summed E-state index contributed by atoms with van der Waals surface area (Å²) in [5, 5.41) is 0. The second-order valence-electron chi connectivity index (χ2n) is 7.70. The number of likely N-dealkylation sites (tertiary alicyclic amines) is 1. The molecule has 1 aromatic heterocycles. The summed E-state index contributed by atoms with van der Waals surface area (Å²) in [5.74, 6) is 0.393. The van der Waals surface area contributed by atoms with E-state index >= 15 is 0 Å². The maximum absolute atomic E-state index is 12.9. The fourth-order valence-electron chi connectivity index (χ4n) is 4.27. The molecule has 8 nitrogen and oxygen atoms in total. The van der Waals surface area contributed by atoms with Crippen LogP contribution < -0.4 is 0 Å². The third-order valence-corrected chi connectivity index (χ3v) is 5.97. The van der Waals surface area contributed by atoms with Gasteiger partial charge >= 0.3 is 0 Å². The highest BCUT2D eigenvalue weighted by atomic mass is 16.5. The van der Waals surface area contributed by atoms with Crippen LogP contribution in [-0.4, -0.2) is 84.4 Å². The lowest BCUT2D eigenvalue weighted by Gasteiger charge is -2.38. The van der Waals surface area contributed by atoms with Crippen molar-refractivity contribution in [2.45, 2.75) is 31.8 Å². The molecule has 0 spiro atoms. The lowest BCUT2D eigenvalue weighted by molar-refractivity contribution is -0.146. The molecule has 152 valence electrons. The maximum Gasteiger partial charge on any atom is 0.289 e. The van der Waals surface area contributed by atoms with Gasteiger partial charge in [-0.2, -0.15) is 0 Å². The van der Waals surface area contributed by atoms with Crippen LogP contribution in [0.3, 0.4) is 0 Å². The van der Waals surface area contributed by atoms with Crippen molar-refractivity contribution < 1.29 is 23.5 Å². The first-order valence-electron chi connectivity index (χ1n) is 10.2. The number of piperazine rings is 1. The number of hydrogen-bond donors (Lipinski definition) is 0. The molecule has 0 N–H and O–H groups in total. The van der Waals surface area contributed by atoms with Gasteiger partial charge in [0.1, 0.15) is 6.10 Å². The van der Waals surface area contributed by atoms with Gasteiger partial charge in [-0.3, -0.25) is 14.4 Å². The highest BCUT2D eigenvalue weighted by molar-refractivity contribution is 5.91. The first-order valence-corrected chi connectivity index (χ1v) is 10.2. The van der Waals surface area contributed by atoms with E-state index in [1.807, 2.05) is 9.80 Å². The van der Waals surface area contributed by atoms with Gasteiger partial charge in [0.2, 0.25) is 5.91 Å². The molecule has 0 bridgehead atoms. The van der Waals surface area contributed by atoms with Crippen molar-refractivity contribution in [3.8, 4) is 0 Å². The van der Waals surface area contributed by atoms with Gasteiger partial charge in [-0.05, 0) is 37.8 Å². The molecule has 0 aliphatic carbocycles. The average molecular weight is 389 g/mol. The van der Waals surface area contributed by atoms with Crippen molar-refractivity contribution in [3.05, 3.63) is 24.2 Å². The van der Waals surface area contributed by atoms with Crippen LogP contribution in [-0.2, 0) is 14.3 Å². The standard InChI is InChI=1S/C20H27N3O5/c24-18(15-5-7-21(8-6-15)19(25)16-3-1-13-27-16)22-9-11-23(12-10-22)20(26)17-4-2-14-28-17/h2,4,14-16H,1,3,5-13H2. The predicted molar refractivity (Wildman–Crippen MR) is 99.5 cm³/mol. The molecule has 8 heteroatoms. The van der Waals surface area contributed by atoms with Crippen molar-refractivity contribution in [2.75, 3.05) is 45.9 Å². The fourth-order valence-corrected chi connectivity index (χ4v) is 4.27. The third-order valence-electron chi connectivity index (χ3n) is 5.97. The Hall–Kier alpha value is -2.35. The van der Waals surface area contributed by atoms with Crippen LogP contribution in [0.4, 0.5) is 0 Å². The van der Waals surface area contributed by atoms with Gasteiger partial charge in [-0.1, -0.05) is 0 Å². The molecule has 1 aromatic rings. The second kappa shape index (κ2) is 8.34. The van der Waals surface area contributed by atoms with E-state index in [4.69, 9.17) is 9.15 Å². The van der Waals surface area contributed by atoms with Crippen LogP contribution in [0, 0.1) is 5.92 Å². The van der Waals surface area contributed by atoms with Crippen molar-refractivity contribution in [1.82, 2.24) is 14.7 Å². The molecule has 3 fully saturated rings. The lowest BCUT2D eigenvalue weighted by Crippen LogP contribution is -2.53. The van der Waals surface area contributed by atoms with E-state index in [9.17, 15) is 14.4 Å². The van der Waals surface area contributed by atoms with Gasteiger partial charge < -0.3 is 23.9 Å². The maximum atomic E-state index is 12.9. The fraction of sp³-hybridized carbons (Fsp3) is 0.650. The van der Waals surface area contributed by atoms with E-state index in [0.29, 0.717) is 64.5 Å². The Morgan fingerprint density at radius 2 is 1.54 bits per heavy atom. The topological polar surface area (TPSA) is 83.3 Å². The Morgan fingerprint density at radius 1 is 0.857 bits per heavy atom. The highest BCUT2D eigenvalue weighted by Gasteiger charge is 2.35. The van der Waals surface area contributed by atoms with E-state index in [0.717, 1.165) is 12.8 Å². The summed E-state index contributed by atoms with van der Waals surface area (Å²) >= 11 is 0. The molecule has 1 unspecified atom stereocenters. The normalized spacial score (nSPS) is 23.9. The summed E-state index contributed by atoms with van der Waals surface area (Å²) in [6.45, 7) is 4.02. The summed E-state index contributed by atoms with van der Waals surface area (Å²) in [6, 6.07) is 3.36. The van der Waals surface area contributed by atoms with E-state index < -0.39 is 0 Å². The Balaban J connectivity index is 1.24. The van der Waals surface area contributed by atoms with Crippen molar-refractivity contribution in [2.24, 2.45) is 5.92 Å². The molecule has 0 radical (unpaired) electrons. The molecule has 3 amide bonds. The van der Waals surface area contributed by atoms with E-state index in [1.165, 1.54) is 6.26 Å². The van der Waals surface area contributed by atoms with Crippen LogP contribution >= 0.6 is 0 Å². The van der Waals surface area contributed by atoms with Crippen LogP contribution in [0.5, 0.6) is 0 Å². The van der Waals surface area contributed by atoms with Crippen LogP contribution in [0.25, 0.3) is 0 Å². The first kappa shape index (κ1) is 19.0. The largest absolute Gasteiger partial charge is 0.459 e. The Bertz CT molecular complexity index is 697. The number of rotatable bonds is 3. The number of carbonyl (C=O) groups is 3. The molecular formula is C20H27N3O5. The number of hydrogen-bond acceptors (Lipinski definition) is 5. The third kappa shape index (κ3) is 3.92.